The van der Waals surface area contributed by atoms with Gasteiger partial charge in [0.2, 0.25) is 0 Å². The Hall–Kier alpha value is -2.15. The van der Waals surface area contributed by atoms with E-state index in [1.54, 1.807) is 13.0 Å². The second-order valence-electron chi connectivity index (χ2n) is 4.23. The summed E-state index contributed by atoms with van der Waals surface area (Å²) in [6.45, 7) is 1.75. The van der Waals surface area contributed by atoms with Gasteiger partial charge in [-0.3, -0.25) is 4.72 Å². The van der Waals surface area contributed by atoms with Gasteiger partial charge in [-0.1, -0.05) is 12.1 Å². The second-order valence-corrected chi connectivity index (χ2v) is 5.85. The van der Waals surface area contributed by atoms with Crippen LogP contribution < -0.4 is 10.5 Å². The zero-order valence-electron chi connectivity index (χ0n) is 10.5. The molecule has 3 N–H and O–H groups in total. The molecule has 0 saturated heterocycles. The Bertz CT molecular complexity index is 741. The standard InChI is InChI=1S/C13H12F2N2O2S/c1-8-5-6-9(7-12(8)16)17-20(18,19)13-10(14)3-2-4-11(13)15/h2-7,17H,16H2,1H3. The van der Waals surface area contributed by atoms with Crippen LogP contribution >= 0.6 is 0 Å². The summed E-state index contributed by atoms with van der Waals surface area (Å²) in [6.07, 6.45) is 0. The Morgan fingerprint density at radius 2 is 1.70 bits per heavy atom. The molecule has 2 aromatic rings. The SMILES string of the molecule is Cc1ccc(NS(=O)(=O)c2c(F)cccc2F)cc1N. The van der Waals surface area contributed by atoms with E-state index >= 15 is 0 Å². The Labute approximate surface area is 115 Å². The van der Waals surface area contributed by atoms with Crippen molar-refractivity contribution in [2.75, 3.05) is 10.5 Å². The third-order valence-electron chi connectivity index (χ3n) is 2.72. The van der Waals surface area contributed by atoms with Gasteiger partial charge in [-0.05, 0) is 36.8 Å². The van der Waals surface area contributed by atoms with Crippen molar-refractivity contribution in [3.63, 3.8) is 0 Å². The predicted molar refractivity (Wildman–Crippen MR) is 72.8 cm³/mol. The number of nitrogen functional groups attached to an aromatic ring is 1. The summed E-state index contributed by atoms with van der Waals surface area (Å²) in [4.78, 5) is -1.01. The highest BCUT2D eigenvalue weighted by atomic mass is 32.2. The lowest BCUT2D eigenvalue weighted by Crippen LogP contribution is -2.16. The number of nitrogens with one attached hydrogen (secondary N) is 1. The molecule has 0 aliphatic rings. The molecule has 106 valence electrons. The van der Waals surface area contributed by atoms with Crippen LogP contribution in [0.2, 0.25) is 0 Å². The van der Waals surface area contributed by atoms with Gasteiger partial charge in [0, 0.05) is 5.69 Å². The van der Waals surface area contributed by atoms with Gasteiger partial charge in [-0.25, -0.2) is 17.2 Å². The van der Waals surface area contributed by atoms with Crippen LogP contribution in [0.4, 0.5) is 20.2 Å². The number of nitrogens with two attached hydrogens (primary N) is 1. The van der Waals surface area contributed by atoms with E-state index in [4.69, 9.17) is 5.73 Å². The van der Waals surface area contributed by atoms with Crippen molar-refractivity contribution >= 4 is 21.4 Å². The van der Waals surface area contributed by atoms with Gasteiger partial charge in [-0.2, -0.15) is 0 Å². The number of rotatable bonds is 3. The molecule has 0 fully saturated rings. The topological polar surface area (TPSA) is 72.2 Å². The van der Waals surface area contributed by atoms with E-state index in [0.29, 0.717) is 5.69 Å². The van der Waals surface area contributed by atoms with Crippen LogP contribution in [-0.4, -0.2) is 8.42 Å². The van der Waals surface area contributed by atoms with Crippen LogP contribution in [-0.2, 0) is 10.0 Å². The van der Waals surface area contributed by atoms with Crippen LogP contribution in [0.3, 0.4) is 0 Å². The molecule has 0 heterocycles. The fourth-order valence-corrected chi connectivity index (χ4v) is 2.84. The average molecular weight is 298 g/mol. The van der Waals surface area contributed by atoms with Gasteiger partial charge in [0.05, 0.1) is 5.69 Å². The molecule has 0 aliphatic heterocycles. The maximum atomic E-state index is 13.5. The van der Waals surface area contributed by atoms with E-state index < -0.39 is 26.6 Å². The lowest BCUT2D eigenvalue weighted by Gasteiger charge is -2.10. The molecule has 7 heteroatoms. The van der Waals surface area contributed by atoms with Crippen LogP contribution in [0.5, 0.6) is 0 Å². The minimum atomic E-state index is -4.36. The zero-order valence-corrected chi connectivity index (χ0v) is 11.3. The number of aryl methyl sites for hydroxylation is 1. The van der Waals surface area contributed by atoms with Crippen molar-refractivity contribution in [2.45, 2.75) is 11.8 Å². The van der Waals surface area contributed by atoms with Crippen molar-refractivity contribution in [1.82, 2.24) is 0 Å². The molecular formula is C13H12F2N2O2S. The highest BCUT2D eigenvalue weighted by molar-refractivity contribution is 7.92. The van der Waals surface area contributed by atoms with Crippen LogP contribution in [0.25, 0.3) is 0 Å². The predicted octanol–water partition coefficient (Wildman–Crippen LogP) is 2.66. The van der Waals surface area contributed by atoms with Gasteiger partial charge < -0.3 is 5.73 Å². The molecule has 0 bridgehead atoms. The number of hydrogen-bond donors (Lipinski definition) is 2. The molecule has 0 radical (unpaired) electrons. The van der Waals surface area contributed by atoms with Crippen molar-refractivity contribution in [2.24, 2.45) is 0 Å². The van der Waals surface area contributed by atoms with Crippen molar-refractivity contribution in [1.29, 1.82) is 0 Å². The molecule has 0 spiro atoms. The van der Waals surface area contributed by atoms with E-state index in [2.05, 4.69) is 4.72 Å². The van der Waals surface area contributed by atoms with E-state index in [-0.39, 0.29) is 5.69 Å². The highest BCUT2D eigenvalue weighted by Gasteiger charge is 2.23. The van der Waals surface area contributed by atoms with Gasteiger partial charge in [0.15, 0.2) is 4.90 Å². The second kappa shape index (κ2) is 5.09. The van der Waals surface area contributed by atoms with Crippen LogP contribution in [0.1, 0.15) is 5.56 Å². The third kappa shape index (κ3) is 2.72. The summed E-state index contributed by atoms with van der Waals surface area (Å²) >= 11 is 0. The molecule has 0 atom stereocenters. The Morgan fingerprint density at radius 1 is 1.10 bits per heavy atom. The average Bonchev–Trinajstić information content (AvgIpc) is 2.33. The molecule has 0 saturated carbocycles. The maximum absolute atomic E-state index is 13.5. The first-order valence-electron chi connectivity index (χ1n) is 5.64. The lowest BCUT2D eigenvalue weighted by molar-refractivity contribution is 0.521. The van der Waals surface area contributed by atoms with Gasteiger partial charge >= 0.3 is 0 Å². The summed E-state index contributed by atoms with van der Waals surface area (Å²) < 4.78 is 53.1. The summed E-state index contributed by atoms with van der Waals surface area (Å²) in [5, 5.41) is 0. The maximum Gasteiger partial charge on any atom is 0.267 e. The fraction of sp³-hybridized carbons (Fsp3) is 0.0769. The van der Waals surface area contributed by atoms with Crippen molar-refractivity contribution in [3.8, 4) is 0 Å². The molecule has 2 rings (SSSR count). The fourth-order valence-electron chi connectivity index (χ4n) is 1.65. The Balaban J connectivity index is 2.43. The molecule has 0 amide bonds. The number of hydrogen-bond acceptors (Lipinski definition) is 3. The molecule has 2 aromatic carbocycles. The highest BCUT2D eigenvalue weighted by Crippen LogP contribution is 2.23. The van der Waals surface area contributed by atoms with Crippen molar-refractivity contribution < 1.29 is 17.2 Å². The molecular weight excluding hydrogens is 286 g/mol. The number of benzene rings is 2. The van der Waals surface area contributed by atoms with E-state index in [0.717, 1.165) is 23.8 Å². The molecule has 20 heavy (non-hydrogen) atoms. The van der Waals surface area contributed by atoms with E-state index in [1.807, 2.05) is 0 Å². The van der Waals surface area contributed by atoms with Gasteiger partial charge in [0.25, 0.3) is 10.0 Å². The minimum Gasteiger partial charge on any atom is -0.398 e. The Morgan fingerprint density at radius 3 is 2.25 bits per heavy atom. The summed E-state index contributed by atoms with van der Waals surface area (Å²) in [6, 6.07) is 7.29. The number of halogens is 2. The first kappa shape index (κ1) is 14.3. The lowest BCUT2D eigenvalue weighted by atomic mass is 10.2. The van der Waals surface area contributed by atoms with E-state index in [9.17, 15) is 17.2 Å². The molecule has 0 aromatic heterocycles. The van der Waals surface area contributed by atoms with Crippen LogP contribution in [0, 0.1) is 18.6 Å². The molecule has 0 aliphatic carbocycles. The monoisotopic (exact) mass is 298 g/mol. The largest absolute Gasteiger partial charge is 0.398 e. The smallest absolute Gasteiger partial charge is 0.267 e. The minimum absolute atomic E-state index is 0.135. The quantitative estimate of drug-likeness (QED) is 0.856. The molecule has 0 unspecified atom stereocenters. The van der Waals surface area contributed by atoms with Gasteiger partial charge in [-0.15, -0.1) is 0 Å². The Kier molecular flexibility index (Phi) is 3.63. The normalized spacial score (nSPS) is 11.3. The van der Waals surface area contributed by atoms with E-state index in [1.165, 1.54) is 12.1 Å². The zero-order chi connectivity index (χ0) is 14.9. The van der Waals surface area contributed by atoms with Gasteiger partial charge in [0.1, 0.15) is 11.6 Å². The number of sulfonamides is 1. The third-order valence-corrected chi connectivity index (χ3v) is 4.15. The first-order chi connectivity index (χ1) is 9.31. The summed E-state index contributed by atoms with van der Waals surface area (Å²) in [5.41, 5.74) is 6.93. The molecule has 4 nitrogen and oxygen atoms in total. The summed E-state index contributed by atoms with van der Waals surface area (Å²) in [5.74, 6) is -2.31. The van der Waals surface area contributed by atoms with Crippen molar-refractivity contribution in [3.05, 3.63) is 53.6 Å². The number of anilines is 2. The van der Waals surface area contributed by atoms with Crippen LogP contribution in [0.15, 0.2) is 41.3 Å². The summed E-state index contributed by atoms with van der Waals surface area (Å²) in [7, 11) is -4.36. The first-order valence-corrected chi connectivity index (χ1v) is 7.12.